The molecule has 0 aliphatic heterocycles. The van der Waals surface area contributed by atoms with Crippen LogP contribution in [0.1, 0.15) is 111 Å². The predicted octanol–water partition coefficient (Wildman–Crippen LogP) is 6.37. The van der Waals surface area contributed by atoms with E-state index in [9.17, 15) is 19.8 Å². The Morgan fingerprint density at radius 3 is 1.37 bits per heavy atom. The lowest BCUT2D eigenvalue weighted by Gasteiger charge is -2.20. The van der Waals surface area contributed by atoms with Gasteiger partial charge in [0, 0.05) is 0 Å². The van der Waals surface area contributed by atoms with Crippen LogP contribution in [0.5, 0.6) is 0 Å². The number of Topliss-reactive ketones (excluding diaryl/α,β-unsaturated/α-hetero) is 2. The van der Waals surface area contributed by atoms with Crippen molar-refractivity contribution in [2.45, 2.75) is 122 Å². The van der Waals surface area contributed by atoms with Crippen LogP contribution < -0.4 is 0 Å². The zero-order valence-corrected chi connectivity index (χ0v) is 21.2. The first-order chi connectivity index (χ1) is 14.5. The number of ketones is 2. The average Bonchev–Trinajstić information content (AvgIpc) is 2.74. The van der Waals surface area contributed by atoms with E-state index in [4.69, 9.17) is 0 Å². The minimum absolute atomic E-state index is 0.415. The van der Waals surface area contributed by atoms with Gasteiger partial charge in [-0.25, -0.2) is 0 Å². The molecule has 30 heavy (non-hydrogen) atoms. The summed E-state index contributed by atoms with van der Waals surface area (Å²) in [6.07, 6.45) is 14.3. The molecule has 0 heterocycles. The van der Waals surface area contributed by atoms with Crippen LogP contribution in [-0.4, -0.2) is 44.2 Å². The lowest BCUT2D eigenvalue weighted by molar-refractivity contribution is -0.138. The number of rotatable bonds is 22. The molecule has 0 aromatic carbocycles. The Morgan fingerprint density at radius 1 is 0.600 bits per heavy atom. The lowest BCUT2D eigenvalue weighted by atomic mass is 9.92. The van der Waals surface area contributed by atoms with Gasteiger partial charge in [-0.1, -0.05) is 91.4 Å². The molecule has 0 spiro atoms. The maximum absolute atomic E-state index is 12.8. The van der Waals surface area contributed by atoms with Crippen LogP contribution in [0.3, 0.4) is 0 Å². The van der Waals surface area contributed by atoms with Crippen LogP contribution >= 0.6 is 23.5 Å². The van der Waals surface area contributed by atoms with E-state index in [-0.39, 0.29) is 0 Å². The molecular weight excluding hydrogens is 416 g/mol. The van der Waals surface area contributed by atoms with Gasteiger partial charge in [0.2, 0.25) is 0 Å². The summed E-state index contributed by atoms with van der Waals surface area (Å²) in [5, 5.41) is 20.7. The Morgan fingerprint density at radius 2 is 0.967 bits per heavy atom. The second-order valence-corrected chi connectivity index (χ2v) is 10.5. The van der Waals surface area contributed by atoms with Crippen molar-refractivity contribution in [3.63, 3.8) is 0 Å². The fourth-order valence-corrected chi connectivity index (χ4v) is 5.18. The number of hydrogen-bond acceptors (Lipinski definition) is 6. The van der Waals surface area contributed by atoms with E-state index >= 15 is 0 Å². The molecule has 0 saturated carbocycles. The van der Waals surface area contributed by atoms with Gasteiger partial charge in [-0.15, -0.1) is 23.5 Å². The minimum Gasteiger partial charge on any atom is -0.375 e. The van der Waals surface area contributed by atoms with E-state index in [1.54, 1.807) is 0 Å². The van der Waals surface area contributed by atoms with E-state index in [1.807, 2.05) is 0 Å². The zero-order valence-electron chi connectivity index (χ0n) is 19.6. The first-order valence-corrected chi connectivity index (χ1v) is 14.3. The Labute approximate surface area is 193 Å². The zero-order chi connectivity index (χ0) is 22.6. The highest BCUT2D eigenvalue weighted by molar-refractivity contribution is 8.00. The van der Waals surface area contributed by atoms with Gasteiger partial charge in [0.05, 0.1) is 5.92 Å². The normalized spacial score (nSPS) is 14.4. The van der Waals surface area contributed by atoms with E-state index in [1.165, 1.54) is 23.5 Å². The summed E-state index contributed by atoms with van der Waals surface area (Å²) in [5.41, 5.74) is -2.34. The van der Waals surface area contributed by atoms with Gasteiger partial charge >= 0.3 is 0 Å². The summed E-state index contributed by atoms with van der Waals surface area (Å²) in [7, 11) is 0. The van der Waals surface area contributed by atoms with Crippen molar-refractivity contribution in [3.05, 3.63) is 0 Å². The standard InChI is InChI=1S/C24H46O4S2/c1-4-7-10-13-14-17-20(21(25)23(27)29-18-15-11-8-5-2)22(26)24(28)30-19-16-12-9-6-3/h20,23-24,27-28H,4-19H2,1-3H3. The third kappa shape index (κ3) is 14.9. The van der Waals surface area contributed by atoms with Crippen LogP contribution in [-0.2, 0) is 9.59 Å². The monoisotopic (exact) mass is 462 g/mol. The highest BCUT2D eigenvalue weighted by Gasteiger charge is 2.34. The molecule has 2 atom stereocenters. The first kappa shape index (κ1) is 30.0. The molecule has 0 aromatic heterocycles. The summed E-state index contributed by atoms with van der Waals surface area (Å²) in [6, 6.07) is 0. The number of thioether (sulfide) groups is 2. The van der Waals surface area contributed by atoms with Crippen LogP contribution in [0.15, 0.2) is 0 Å². The molecule has 4 nitrogen and oxygen atoms in total. The second-order valence-electron chi connectivity index (χ2n) is 8.13. The first-order valence-electron chi connectivity index (χ1n) is 12.2. The van der Waals surface area contributed by atoms with E-state index in [2.05, 4.69) is 20.8 Å². The van der Waals surface area contributed by atoms with Gasteiger partial charge in [0.1, 0.15) is 0 Å². The van der Waals surface area contributed by atoms with E-state index in [0.717, 1.165) is 95.0 Å². The molecule has 0 fully saturated rings. The quantitative estimate of drug-likeness (QED) is 0.111. The van der Waals surface area contributed by atoms with Crippen molar-refractivity contribution < 1.29 is 19.8 Å². The number of aliphatic hydroxyl groups is 2. The van der Waals surface area contributed by atoms with Gasteiger partial charge in [-0.2, -0.15) is 0 Å². The van der Waals surface area contributed by atoms with Crippen LogP contribution in [0.4, 0.5) is 0 Å². The summed E-state index contributed by atoms with van der Waals surface area (Å²) in [6.45, 7) is 6.45. The Hall–Kier alpha value is -0.0400. The molecule has 2 unspecified atom stereocenters. The number of hydrogen-bond donors (Lipinski definition) is 2. The maximum Gasteiger partial charge on any atom is 0.182 e. The summed E-state index contributed by atoms with van der Waals surface area (Å²) >= 11 is 2.46. The Balaban J connectivity index is 4.68. The Kier molecular flexibility index (Phi) is 20.8. The van der Waals surface area contributed by atoms with Crippen LogP contribution in [0.25, 0.3) is 0 Å². The summed E-state index contributed by atoms with van der Waals surface area (Å²) < 4.78 is 0. The number of carbonyl (C=O) groups excluding carboxylic acids is 2. The SMILES string of the molecule is CCCCCCCC(C(=O)C(O)SCCCCCC)C(=O)C(O)SCCCCCC. The maximum atomic E-state index is 12.8. The molecule has 0 radical (unpaired) electrons. The van der Waals surface area contributed by atoms with E-state index < -0.39 is 28.4 Å². The molecule has 2 N–H and O–H groups in total. The smallest absolute Gasteiger partial charge is 0.182 e. The van der Waals surface area contributed by atoms with Crippen molar-refractivity contribution in [1.82, 2.24) is 0 Å². The van der Waals surface area contributed by atoms with Crippen LogP contribution in [0, 0.1) is 5.92 Å². The molecule has 0 bridgehead atoms. The molecule has 0 aliphatic rings. The van der Waals surface area contributed by atoms with Gasteiger partial charge in [0.25, 0.3) is 0 Å². The predicted molar refractivity (Wildman–Crippen MR) is 132 cm³/mol. The fourth-order valence-electron chi connectivity index (χ4n) is 3.33. The largest absolute Gasteiger partial charge is 0.375 e. The van der Waals surface area contributed by atoms with Crippen molar-refractivity contribution in [1.29, 1.82) is 0 Å². The minimum atomic E-state index is -1.17. The van der Waals surface area contributed by atoms with Gasteiger partial charge in [0.15, 0.2) is 22.4 Å². The second kappa shape index (κ2) is 20.8. The molecule has 0 aliphatic carbocycles. The average molecular weight is 463 g/mol. The molecule has 0 saturated heterocycles. The molecule has 178 valence electrons. The topological polar surface area (TPSA) is 74.6 Å². The summed E-state index contributed by atoms with van der Waals surface area (Å²) in [5.74, 6) is -0.274. The molecule has 0 aromatic rings. The van der Waals surface area contributed by atoms with Gasteiger partial charge in [-0.3, -0.25) is 9.59 Å². The van der Waals surface area contributed by atoms with Crippen molar-refractivity contribution in [3.8, 4) is 0 Å². The third-order valence-electron chi connectivity index (χ3n) is 5.32. The summed E-state index contributed by atoms with van der Waals surface area (Å²) in [4.78, 5) is 25.7. The number of aliphatic hydroxyl groups excluding tert-OH is 2. The van der Waals surface area contributed by atoms with Crippen molar-refractivity contribution >= 4 is 35.1 Å². The van der Waals surface area contributed by atoms with Crippen molar-refractivity contribution in [2.24, 2.45) is 5.92 Å². The molecule has 0 amide bonds. The molecule has 0 rings (SSSR count). The molecular formula is C24H46O4S2. The van der Waals surface area contributed by atoms with Gasteiger partial charge < -0.3 is 10.2 Å². The van der Waals surface area contributed by atoms with E-state index in [0.29, 0.717) is 6.42 Å². The van der Waals surface area contributed by atoms with Crippen LogP contribution in [0.2, 0.25) is 0 Å². The molecule has 6 heteroatoms. The Bertz CT molecular complexity index is 399. The number of unbranched alkanes of at least 4 members (excludes halogenated alkanes) is 10. The fraction of sp³-hybridized carbons (Fsp3) is 0.917. The number of carbonyl (C=O) groups is 2. The highest BCUT2D eigenvalue weighted by Crippen LogP contribution is 2.25. The third-order valence-corrected chi connectivity index (χ3v) is 7.46. The lowest BCUT2D eigenvalue weighted by Crippen LogP contribution is -2.36. The highest BCUT2D eigenvalue weighted by atomic mass is 32.2. The van der Waals surface area contributed by atoms with Gasteiger partial charge in [-0.05, 0) is 30.8 Å². The van der Waals surface area contributed by atoms with Crippen molar-refractivity contribution in [2.75, 3.05) is 11.5 Å².